The van der Waals surface area contributed by atoms with Crippen molar-refractivity contribution >= 4 is 5.91 Å². The van der Waals surface area contributed by atoms with Gasteiger partial charge in [0, 0.05) is 18.7 Å². The van der Waals surface area contributed by atoms with Crippen molar-refractivity contribution in [2.75, 3.05) is 13.1 Å². The number of hydrogen-bond donors (Lipinski definition) is 0. The fourth-order valence-corrected chi connectivity index (χ4v) is 2.69. The third-order valence-electron chi connectivity index (χ3n) is 3.94. The van der Waals surface area contributed by atoms with Crippen molar-refractivity contribution in [2.24, 2.45) is 0 Å². The minimum absolute atomic E-state index is 0.0703. The molecule has 0 unspecified atom stereocenters. The van der Waals surface area contributed by atoms with Crippen molar-refractivity contribution in [3.63, 3.8) is 0 Å². The molecule has 118 valence electrons. The first-order valence-corrected chi connectivity index (χ1v) is 7.76. The maximum atomic E-state index is 12.5. The van der Waals surface area contributed by atoms with Gasteiger partial charge in [0.25, 0.3) is 5.91 Å². The van der Waals surface area contributed by atoms with Crippen LogP contribution in [0, 0.1) is 11.3 Å². The fourth-order valence-electron chi connectivity index (χ4n) is 2.69. The van der Waals surface area contributed by atoms with Gasteiger partial charge >= 0.3 is 0 Å². The quantitative estimate of drug-likeness (QED) is 0.868. The molecule has 3 rings (SSSR count). The molecule has 2 aromatic rings. The lowest BCUT2D eigenvalue weighted by Crippen LogP contribution is -2.35. The Kier molecular flexibility index (Phi) is 4.62. The lowest BCUT2D eigenvalue weighted by molar-refractivity contribution is 0.0688. The molecule has 0 saturated carbocycles. The zero-order chi connectivity index (χ0) is 16.1. The predicted octanol–water partition coefficient (Wildman–Crippen LogP) is 3.36. The lowest BCUT2D eigenvalue weighted by atomic mass is 10.1. The average molecular weight is 310 g/mol. The van der Waals surface area contributed by atoms with Gasteiger partial charge in [-0.2, -0.15) is 5.26 Å². The van der Waals surface area contributed by atoms with Gasteiger partial charge in [0.15, 0.2) is 5.76 Å². The van der Waals surface area contributed by atoms with Crippen LogP contribution in [0.1, 0.15) is 40.9 Å². The number of rotatable bonds is 4. The Morgan fingerprint density at radius 1 is 1.26 bits per heavy atom. The molecule has 2 heterocycles. The summed E-state index contributed by atoms with van der Waals surface area (Å²) in [5.41, 5.74) is 1.27. The SMILES string of the molecule is N#Cc1cccc(OCc2ccoc2C(=O)N2CCCCC2)c1. The number of hydrogen-bond acceptors (Lipinski definition) is 4. The van der Waals surface area contributed by atoms with Crippen LogP contribution in [-0.4, -0.2) is 23.9 Å². The molecule has 0 N–H and O–H groups in total. The van der Waals surface area contributed by atoms with Crippen molar-refractivity contribution in [1.82, 2.24) is 4.90 Å². The van der Waals surface area contributed by atoms with Gasteiger partial charge in [-0.25, -0.2) is 0 Å². The van der Waals surface area contributed by atoms with Crippen LogP contribution in [0.5, 0.6) is 5.75 Å². The summed E-state index contributed by atoms with van der Waals surface area (Å²) in [5, 5.41) is 8.90. The second kappa shape index (κ2) is 7.01. The molecule has 0 aliphatic carbocycles. The molecule has 1 aliphatic heterocycles. The molecular formula is C18H18N2O3. The van der Waals surface area contributed by atoms with E-state index in [2.05, 4.69) is 6.07 Å². The minimum atomic E-state index is -0.0703. The molecule has 0 radical (unpaired) electrons. The first-order valence-electron chi connectivity index (χ1n) is 7.76. The van der Waals surface area contributed by atoms with Crippen LogP contribution in [0.4, 0.5) is 0 Å². The third kappa shape index (κ3) is 3.54. The highest BCUT2D eigenvalue weighted by Crippen LogP contribution is 2.20. The molecule has 1 saturated heterocycles. The van der Waals surface area contributed by atoms with Crippen molar-refractivity contribution in [1.29, 1.82) is 5.26 Å². The second-order valence-corrected chi connectivity index (χ2v) is 5.56. The van der Waals surface area contributed by atoms with Crippen LogP contribution in [0.25, 0.3) is 0 Å². The summed E-state index contributed by atoms with van der Waals surface area (Å²) < 4.78 is 11.1. The first-order chi connectivity index (χ1) is 11.3. The van der Waals surface area contributed by atoms with E-state index in [1.807, 2.05) is 4.90 Å². The van der Waals surface area contributed by atoms with Gasteiger partial charge in [0.2, 0.25) is 0 Å². The highest BCUT2D eigenvalue weighted by Gasteiger charge is 2.23. The molecule has 0 bridgehead atoms. The molecular weight excluding hydrogens is 292 g/mol. The zero-order valence-corrected chi connectivity index (χ0v) is 12.8. The molecule has 1 aromatic carbocycles. The Balaban J connectivity index is 1.68. The monoisotopic (exact) mass is 310 g/mol. The largest absolute Gasteiger partial charge is 0.489 e. The number of nitriles is 1. The summed E-state index contributed by atoms with van der Waals surface area (Å²) in [6.45, 7) is 1.80. The predicted molar refractivity (Wildman–Crippen MR) is 84.0 cm³/mol. The Morgan fingerprint density at radius 3 is 2.87 bits per heavy atom. The number of nitrogens with zero attached hydrogens (tertiary/aromatic N) is 2. The van der Waals surface area contributed by atoms with Crippen LogP contribution in [0.2, 0.25) is 0 Å². The normalized spacial score (nSPS) is 14.3. The van der Waals surface area contributed by atoms with Gasteiger partial charge in [-0.3, -0.25) is 4.79 Å². The number of carbonyl (C=O) groups is 1. The molecule has 23 heavy (non-hydrogen) atoms. The number of likely N-dealkylation sites (tertiary alicyclic amines) is 1. The van der Waals surface area contributed by atoms with E-state index in [1.165, 1.54) is 12.7 Å². The number of benzene rings is 1. The van der Waals surface area contributed by atoms with Crippen molar-refractivity contribution in [2.45, 2.75) is 25.9 Å². The molecule has 5 nitrogen and oxygen atoms in total. The van der Waals surface area contributed by atoms with Gasteiger partial charge in [0.05, 0.1) is 17.9 Å². The van der Waals surface area contributed by atoms with Crippen LogP contribution in [0.15, 0.2) is 41.0 Å². The molecule has 0 atom stereocenters. The van der Waals surface area contributed by atoms with Gasteiger partial charge in [0.1, 0.15) is 12.4 Å². The van der Waals surface area contributed by atoms with Gasteiger partial charge in [-0.1, -0.05) is 6.07 Å². The fraction of sp³-hybridized carbons (Fsp3) is 0.333. The summed E-state index contributed by atoms with van der Waals surface area (Å²) in [6, 6.07) is 10.8. The summed E-state index contributed by atoms with van der Waals surface area (Å²) in [7, 11) is 0. The maximum Gasteiger partial charge on any atom is 0.289 e. The molecule has 1 fully saturated rings. The Morgan fingerprint density at radius 2 is 2.09 bits per heavy atom. The van der Waals surface area contributed by atoms with E-state index in [1.54, 1.807) is 30.3 Å². The smallest absolute Gasteiger partial charge is 0.289 e. The zero-order valence-electron chi connectivity index (χ0n) is 12.8. The Bertz CT molecular complexity index is 724. The summed E-state index contributed by atoms with van der Waals surface area (Å²) in [4.78, 5) is 14.4. The van der Waals surface area contributed by atoms with E-state index in [0.717, 1.165) is 31.5 Å². The van der Waals surface area contributed by atoms with Gasteiger partial charge in [-0.15, -0.1) is 0 Å². The number of carbonyl (C=O) groups excluding carboxylic acids is 1. The summed E-state index contributed by atoms with van der Waals surface area (Å²) >= 11 is 0. The molecule has 0 spiro atoms. The number of furan rings is 1. The van der Waals surface area contributed by atoms with Crippen LogP contribution >= 0.6 is 0 Å². The van der Waals surface area contributed by atoms with Crippen LogP contribution < -0.4 is 4.74 Å². The van der Waals surface area contributed by atoms with Crippen LogP contribution in [-0.2, 0) is 6.61 Å². The van der Waals surface area contributed by atoms with Crippen LogP contribution in [0.3, 0.4) is 0 Å². The van der Waals surface area contributed by atoms with Gasteiger partial charge in [-0.05, 0) is 43.5 Å². The van der Waals surface area contributed by atoms with E-state index < -0.39 is 0 Å². The third-order valence-corrected chi connectivity index (χ3v) is 3.94. The number of ether oxygens (including phenoxy) is 1. The molecule has 1 aliphatic rings. The summed E-state index contributed by atoms with van der Waals surface area (Å²) in [6.07, 6.45) is 4.77. The lowest BCUT2D eigenvalue weighted by Gasteiger charge is -2.26. The van der Waals surface area contributed by atoms with Crippen molar-refractivity contribution in [3.8, 4) is 11.8 Å². The summed E-state index contributed by atoms with van der Waals surface area (Å²) in [5.74, 6) is 0.879. The Labute approximate surface area is 135 Å². The highest BCUT2D eigenvalue weighted by molar-refractivity contribution is 5.93. The molecule has 1 amide bonds. The van der Waals surface area contributed by atoms with Gasteiger partial charge < -0.3 is 14.1 Å². The van der Waals surface area contributed by atoms with Crippen molar-refractivity contribution < 1.29 is 13.9 Å². The first kappa shape index (κ1) is 15.2. The molecule has 1 aromatic heterocycles. The number of piperidine rings is 1. The second-order valence-electron chi connectivity index (χ2n) is 5.56. The highest BCUT2D eigenvalue weighted by atomic mass is 16.5. The van der Waals surface area contributed by atoms with E-state index in [4.69, 9.17) is 14.4 Å². The topological polar surface area (TPSA) is 66.5 Å². The maximum absolute atomic E-state index is 12.5. The standard InChI is InChI=1S/C18H18N2O3/c19-12-14-5-4-6-16(11-14)23-13-15-7-10-22-17(15)18(21)20-8-2-1-3-9-20/h4-7,10-11H,1-3,8-9,13H2. The Hall–Kier alpha value is -2.74. The average Bonchev–Trinajstić information content (AvgIpc) is 3.09. The van der Waals surface area contributed by atoms with E-state index in [9.17, 15) is 4.79 Å². The van der Waals surface area contributed by atoms with E-state index in [0.29, 0.717) is 17.1 Å². The minimum Gasteiger partial charge on any atom is -0.489 e. The van der Waals surface area contributed by atoms with E-state index in [-0.39, 0.29) is 12.5 Å². The van der Waals surface area contributed by atoms with E-state index >= 15 is 0 Å². The van der Waals surface area contributed by atoms with Crippen molar-refractivity contribution in [3.05, 3.63) is 53.5 Å². The molecule has 5 heteroatoms. The number of amides is 1.